The first-order chi connectivity index (χ1) is 13.7. The van der Waals surface area contributed by atoms with Crippen LogP contribution in [0, 0.1) is 6.92 Å². The van der Waals surface area contributed by atoms with Crippen LogP contribution in [0.4, 0.5) is 0 Å². The van der Waals surface area contributed by atoms with Crippen molar-refractivity contribution in [3.63, 3.8) is 0 Å². The van der Waals surface area contributed by atoms with Crippen LogP contribution in [0.5, 0.6) is 0 Å². The number of aromatic nitrogens is 2. The highest BCUT2D eigenvalue weighted by molar-refractivity contribution is 5.86. The fraction of sp³-hybridized carbons (Fsp3) is 0.565. The highest BCUT2D eigenvalue weighted by Crippen LogP contribution is 2.26. The van der Waals surface area contributed by atoms with E-state index in [1.807, 2.05) is 36.8 Å². The first-order valence-electron chi connectivity index (χ1n) is 10.5. The number of likely N-dealkylation sites (tertiary alicyclic amines) is 1. The Balaban J connectivity index is 1.64. The van der Waals surface area contributed by atoms with Gasteiger partial charge in [-0.05, 0) is 43.9 Å². The number of benzene rings is 1. The van der Waals surface area contributed by atoms with Crippen molar-refractivity contribution < 1.29 is 9.90 Å². The Kier molecular flexibility index (Phi) is 6.44. The summed E-state index contributed by atoms with van der Waals surface area (Å²) in [4.78, 5) is 16.9. The van der Waals surface area contributed by atoms with Gasteiger partial charge in [-0.15, -0.1) is 0 Å². The first kappa shape index (κ1) is 21.5. The van der Waals surface area contributed by atoms with Crippen molar-refractivity contribution >= 4 is 5.91 Å². The van der Waals surface area contributed by atoms with Crippen molar-refractivity contribution in [2.24, 2.45) is 7.05 Å². The van der Waals surface area contributed by atoms with Crippen LogP contribution in [-0.2, 0) is 24.9 Å². The van der Waals surface area contributed by atoms with Gasteiger partial charge in [-0.2, -0.15) is 5.10 Å². The number of amides is 1. The number of hydrogen-bond donors (Lipinski definition) is 1. The molecule has 1 aromatic carbocycles. The molecular weight excluding hydrogens is 364 g/mol. The molecule has 158 valence electrons. The monoisotopic (exact) mass is 398 g/mol. The van der Waals surface area contributed by atoms with Crippen LogP contribution < -0.4 is 0 Å². The fourth-order valence-corrected chi connectivity index (χ4v) is 4.08. The lowest BCUT2D eigenvalue weighted by Gasteiger charge is -2.40. The normalized spacial score (nSPS) is 20.1. The zero-order chi connectivity index (χ0) is 21.2. The number of rotatable bonds is 7. The van der Waals surface area contributed by atoms with Gasteiger partial charge in [0, 0.05) is 44.5 Å². The zero-order valence-electron chi connectivity index (χ0n) is 18.4. The van der Waals surface area contributed by atoms with Gasteiger partial charge in [0.25, 0.3) is 5.91 Å². The first-order valence-corrected chi connectivity index (χ1v) is 10.5. The van der Waals surface area contributed by atoms with Crippen LogP contribution in [-0.4, -0.2) is 56.3 Å². The maximum atomic E-state index is 13.1. The average molecular weight is 399 g/mol. The minimum Gasteiger partial charge on any atom is -0.379 e. The Bertz CT molecular complexity index is 843. The minimum atomic E-state index is -1.33. The molecule has 6 heteroatoms. The van der Waals surface area contributed by atoms with Gasteiger partial charge in [-0.1, -0.05) is 38.1 Å². The molecule has 0 aliphatic carbocycles. The van der Waals surface area contributed by atoms with Crippen LogP contribution in [0.15, 0.2) is 30.5 Å². The van der Waals surface area contributed by atoms with E-state index in [-0.39, 0.29) is 5.91 Å². The molecule has 1 atom stereocenters. The van der Waals surface area contributed by atoms with Gasteiger partial charge in [0.15, 0.2) is 5.60 Å². The van der Waals surface area contributed by atoms with Crippen molar-refractivity contribution in [3.05, 3.63) is 52.8 Å². The maximum Gasteiger partial charge on any atom is 0.256 e. The van der Waals surface area contributed by atoms with E-state index in [0.717, 1.165) is 23.2 Å². The summed E-state index contributed by atoms with van der Waals surface area (Å²) in [7, 11) is 3.86. The lowest BCUT2D eigenvalue weighted by molar-refractivity contribution is -0.160. The van der Waals surface area contributed by atoms with Crippen molar-refractivity contribution in [2.75, 3.05) is 20.1 Å². The third-order valence-electron chi connectivity index (χ3n) is 6.03. The van der Waals surface area contributed by atoms with E-state index in [0.29, 0.717) is 38.5 Å². The predicted octanol–water partition coefficient (Wildman–Crippen LogP) is 2.84. The van der Waals surface area contributed by atoms with Gasteiger partial charge in [0.2, 0.25) is 0 Å². The second kappa shape index (κ2) is 8.67. The molecule has 2 heterocycles. The van der Waals surface area contributed by atoms with Crippen molar-refractivity contribution in [3.8, 4) is 0 Å². The van der Waals surface area contributed by atoms with Crippen LogP contribution in [0.2, 0.25) is 0 Å². The predicted molar refractivity (Wildman–Crippen MR) is 114 cm³/mol. The zero-order valence-corrected chi connectivity index (χ0v) is 18.4. The summed E-state index contributed by atoms with van der Waals surface area (Å²) in [5, 5.41) is 15.5. The molecule has 1 aromatic heterocycles. The summed E-state index contributed by atoms with van der Waals surface area (Å²) in [5.41, 5.74) is 3.28. The maximum absolute atomic E-state index is 13.1. The lowest BCUT2D eigenvalue weighted by atomic mass is 9.90. The molecule has 1 amide bonds. The number of carbonyl (C=O) groups is 1. The summed E-state index contributed by atoms with van der Waals surface area (Å²) < 4.78 is 1.84. The number of nitrogens with zero attached hydrogens (tertiary/aromatic N) is 4. The van der Waals surface area contributed by atoms with E-state index in [1.165, 1.54) is 5.56 Å². The Morgan fingerprint density at radius 1 is 1.28 bits per heavy atom. The second-order valence-corrected chi connectivity index (χ2v) is 8.81. The highest BCUT2D eigenvalue weighted by atomic mass is 16.3. The van der Waals surface area contributed by atoms with Crippen LogP contribution in [0.25, 0.3) is 0 Å². The van der Waals surface area contributed by atoms with E-state index in [1.54, 1.807) is 4.90 Å². The van der Waals surface area contributed by atoms with E-state index in [4.69, 9.17) is 0 Å². The summed E-state index contributed by atoms with van der Waals surface area (Å²) in [5.74, 6) is 0.330. The number of aryl methyl sites for hydroxylation is 1. The Morgan fingerprint density at radius 2 is 1.97 bits per heavy atom. The number of aliphatic hydroxyl groups is 1. The van der Waals surface area contributed by atoms with Gasteiger partial charge in [-0.25, -0.2) is 0 Å². The van der Waals surface area contributed by atoms with Gasteiger partial charge in [0.1, 0.15) is 0 Å². The Hall–Kier alpha value is -2.18. The number of carbonyl (C=O) groups excluding carboxylic acids is 1. The molecule has 6 nitrogen and oxygen atoms in total. The van der Waals surface area contributed by atoms with E-state index < -0.39 is 5.60 Å². The third kappa shape index (κ3) is 4.87. The van der Waals surface area contributed by atoms with Gasteiger partial charge in [-0.3, -0.25) is 14.4 Å². The van der Waals surface area contributed by atoms with E-state index in [9.17, 15) is 9.90 Å². The third-order valence-corrected chi connectivity index (χ3v) is 6.03. The molecule has 0 bridgehead atoms. The van der Waals surface area contributed by atoms with Crippen molar-refractivity contribution in [1.82, 2.24) is 19.6 Å². The standard InChI is InChI=1S/C23H34N4O2/c1-17(2)20-9-7-19(8-10-20)14-27-12-6-11-23(29,22(27)28)16-25(4)15-21-13-24-26(5)18(21)3/h7-10,13,17,29H,6,11-12,14-16H2,1-5H3. The minimum absolute atomic E-state index is 0.161. The Morgan fingerprint density at radius 3 is 2.55 bits per heavy atom. The molecule has 1 N–H and O–H groups in total. The molecule has 1 fully saturated rings. The molecule has 0 saturated carbocycles. The molecule has 0 spiro atoms. The summed E-state index contributed by atoms with van der Waals surface area (Å²) in [6.45, 7) is 8.60. The van der Waals surface area contributed by atoms with E-state index in [2.05, 4.69) is 43.2 Å². The number of hydrogen-bond acceptors (Lipinski definition) is 4. The van der Waals surface area contributed by atoms with Gasteiger partial charge < -0.3 is 10.0 Å². The SMILES string of the molecule is Cc1c(CN(C)CC2(O)CCCN(Cc3ccc(C(C)C)cc3)C2=O)cnn1C. The highest BCUT2D eigenvalue weighted by Gasteiger charge is 2.42. The smallest absolute Gasteiger partial charge is 0.256 e. The molecule has 1 saturated heterocycles. The average Bonchev–Trinajstić information content (AvgIpc) is 2.98. The Labute approximate surface area is 174 Å². The molecule has 1 aliphatic heterocycles. The topological polar surface area (TPSA) is 61.6 Å². The van der Waals surface area contributed by atoms with Crippen molar-refractivity contribution in [1.29, 1.82) is 0 Å². The quantitative estimate of drug-likeness (QED) is 0.779. The van der Waals surface area contributed by atoms with Gasteiger partial charge >= 0.3 is 0 Å². The fourth-order valence-electron chi connectivity index (χ4n) is 4.08. The molecule has 1 aliphatic rings. The molecule has 1 unspecified atom stereocenters. The largest absolute Gasteiger partial charge is 0.379 e. The molecule has 2 aromatic rings. The molecule has 29 heavy (non-hydrogen) atoms. The van der Waals surface area contributed by atoms with E-state index >= 15 is 0 Å². The van der Waals surface area contributed by atoms with Crippen LogP contribution in [0.3, 0.4) is 0 Å². The lowest BCUT2D eigenvalue weighted by Crippen LogP contribution is -2.57. The molecule has 0 radical (unpaired) electrons. The van der Waals surface area contributed by atoms with Crippen LogP contribution >= 0.6 is 0 Å². The summed E-state index contributed by atoms with van der Waals surface area (Å²) in [6.07, 6.45) is 3.17. The second-order valence-electron chi connectivity index (χ2n) is 8.81. The van der Waals surface area contributed by atoms with Gasteiger partial charge in [0.05, 0.1) is 6.20 Å². The van der Waals surface area contributed by atoms with Crippen LogP contribution in [0.1, 0.15) is 55.0 Å². The summed E-state index contributed by atoms with van der Waals surface area (Å²) in [6, 6.07) is 8.44. The number of likely N-dealkylation sites (N-methyl/N-ethyl adjacent to an activating group) is 1. The molecule has 3 rings (SSSR count). The summed E-state index contributed by atoms with van der Waals surface area (Å²) >= 11 is 0. The number of piperidine rings is 1. The van der Waals surface area contributed by atoms with Crippen molar-refractivity contribution in [2.45, 2.75) is 58.2 Å². The molecular formula is C23H34N4O2.